The average Bonchev–Trinajstić information content (AvgIpc) is 3.02. The number of benzene rings is 2. The van der Waals surface area contributed by atoms with E-state index in [1.54, 1.807) is 12.1 Å². The van der Waals surface area contributed by atoms with Gasteiger partial charge >= 0.3 is 10.3 Å². The minimum absolute atomic E-state index is 0.0913. The van der Waals surface area contributed by atoms with Gasteiger partial charge in [-0.3, -0.25) is 4.79 Å². The number of amides is 1. The molecule has 0 saturated carbocycles. The Hall–Kier alpha value is -2.38. The van der Waals surface area contributed by atoms with Crippen LogP contribution in [0.5, 0.6) is 5.75 Å². The van der Waals surface area contributed by atoms with E-state index in [-0.39, 0.29) is 17.7 Å². The Bertz CT molecular complexity index is 859. The lowest BCUT2D eigenvalue weighted by Gasteiger charge is -2.13. The molecule has 6 nitrogen and oxygen atoms in total. The maximum atomic E-state index is 11.7. The quantitative estimate of drug-likeness (QED) is 0.889. The molecule has 0 aliphatic carbocycles. The zero-order valence-electron chi connectivity index (χ0n) is 14.1. The van der Waals surface area contributed by atoms with Gasteiger partial charge in [0.1, 0.15) is 5.75 Å². The summed E-state index contributed by atoms with van der Waals surface area (Å²) in [5, 5.41) is 2.95. The van der Waals surface area contributed by atoms with E-state index >= 15 is 0 Å². The number of nitrogens with one attached hydrogen (secondary N) is 1. The summed E-state index contributed by atoms with van der Waals surface area (Å²) in [5.41, 5.74) is 3.05. The Labute approximate surface area is 147 Å². The van der Waals surface area contributed by atoms with Crippen molar-refractivity contribution in [2.45, 2.75) is 18.9 Å². The van der Waals surface area contributed by atoms with Gasteiger partial charge < -0.3 is 9.50 Å². The molecule has 0 aromatic heterocycles. The van der Waals surface area contributed by atoms with Crippen molar-refractivity contribution in [1.29, 1.82) is 0 Å². The zero-order chi connectivity index (χ0) is 18.0. The van der Waals surface area contributed by atoms with Crippen molar-refractivity contribution in [3.05, 3.63) is 54.1 Å². The molecular formula is C18H20N2O4S. The molecule has 25 heavy (non-hydrogen) atoms. The van der Waals surface area contributed by atoms with Gasteiger partial charge in [0.25, 0.3) is 0 Å². The van der Waals surface area contributed by atoms with Crippen LogP contribution in [0.25, 0.3) is 11.1 Å². The molecule has 1 unspecified atom stereocenters. The smallest absolute Gasteiger partial charge is 0.371 e. The van der Waals surface area contributed by atoms with Crippen LogP contribution in [-0.4, -0.2) is 32.7 Å². The fourth-order valence-corrected chi connectivity index (χ4v) is 3.17. The normalized spacial score (nSPS) is 17.6. The van der Waals surface area contributed by atoms with E-state index in [4.69, 9.17) is 4.18 Å². The zero-order valence-corrected chi connectivity index (χ0v) is 14.9. The molecule has 1 atom stereocenters. The predicted molar refractivity (Wildman–Crippen MR) is 95.2 cm³/mol. The third-order valence-corrected chi connectivity index (χ3v) is 5.44. The molecule has 1 N–H and O–H groups in total. The highest BCUT2D eigenvalue weighted by Gasteiger charge is 2.22. The summed E-state index contributed by atoms with van der Waals surface area (Å²) in [7, 11) is -0.920. The van der Waals surface area contributed by atoms with Crippen molar-refractivity contribution in [2.24, 2.45) is 0 Å². The lowest BCUT2D eigenvalue weighted by atomic mass is 10.00. The molecule has 132 valence electrons. The van der Waals surface area contributed by atoms with Crippen LogP contribution in [0.1, 0.15) is 24.4 Å². The van der Waals surface area contributed by atoms with Crippen LogP contribution >= 0.6 is 0 Å². The Kier molecular flexibility index (Phi) is 4.78. The van der Waals surface area contributed by atoms with E-state index in [1.165, 1.54) is 14.1 Å². The van der Waals surface area contributed by atoms with Gasteiger partial charge in [-0.1, -0.05) is 36.4 Å². The van der Waals surface area contributed by atoms with Gasteiger partial charge in [-0.05, 0) is 35.2 Å². The number of nitrogens with zero attached hydrogens (tertiary/aromatic N) is 1. The second-order valence-electron chi connectivity index (χ2n) is 6.13. The number of hydrogen-bond acceptors (Lipinski definition) is 4. The third-order valence-electron chi connectivity index (χ3n) is 4.14. The van der Waals surface area contributed by atoms with Gasteiger partial charge in [0.05, 0.1) is 6.04 Å². The van der Waals surface area contributed by atoms with Crippen LogP contribution in [0.4, 0.5) is 0 Å². The Morgan fingerprint density at radius 3 is 2.04 bits per heavy atom. The molecule has 1 aliphatic heterocycles. The van der Waals surface area contributed by atoms with Crippen LogP contribution in [0.3, 0.4) is 0 Å². The van der Waals surface area contributed by atoms with E-state index in [9.17, 15) is 13.2 Å². The number of rotatable bonds is 5. The molecule has 1 fully saturated rings. The number of hydrogen-bond donors (Lipinski definition) is 1. The van der Waals surface area contributed by atoms with Gasteiger partial charge in [-0.25, -0.2) is 0 Å². The van der Waals surface area contributed by atoms with Gasteiger partial charge in [-0.15, -0.1) is 0 Å². The van der Waals surface area contributed by atoms with Crippen molar-refractivity contribution < 1.29 is 17.4 Å². The Balaban J connectivity index is 1.73. The van der Waals surface area contributed by atoms with Crippen molar-refractivity contribution in [3.63, 3.8) is 0 Å². The van der Waals surface area contributed by atoms with Crippen LogP contribution in [0.2, 0.25) is 0 Å². The second kappa shape index (κ2) is 6.85. The number of carbonyl (C=O) groups is 1. The highest BCUT2D eigenvalue weighted by atomic mass is 32.2. The molecule has 1 amide bonds. The first kappa shape index (κ1) is 17.4. The maximum Gasteiger partial charge on any atom is 0.384 e. The standard InChI is InChI=1S/C18H20N2O4S/c1-20(2)25(22,23)24-16-9-7-14(8-10-16)13-3-5-15(6-4-13)17-11-12-18(21)19-17/h3-10,17H,11-12H2,1-2H3,(H,19,21). The Morgan fingerprint density at radius 2 is 1.56 bits per heavy atom. The molecule has 2 aromatic rings. The molecule has 1 aliphatic rings. The lowest BCUT2D eigenvalue weighted by molar-refractivity contribution is -0.119. The second-order valence-corrected chi connectivity index (χ2v) is 7.88. The van der Waals surface area contributed by atoms with Crippen molar-refractivity contribution in [1.82, 2.24) is 9.62 Å². The van der Waals surface area contributed by atoms with E-state index in [0.717, 1.165) is 27.4 Å². The first-order valence-corrected chi connectivity index (χ1v) is 9.33. The van der Waals surface area contributed by atoms with Gasteiger partial charge in [0.15, 0.2) is 0 Å². The molecule has 0 bridgehead atoms. The van der Waals surface area contributed by atoms with Crippen LogP contribution in [0, 0.1) is 0 Å². The summed E-state index contributed by atoms with van der Waals surface area (Å²) in [6.07, 6.45) is 1.40. The molecule has 3 rings (SSSR count). The Morgan fingerprint density at radius 1 is 1.00 bits per heavy atom. The van der Waals surface area contributed by atoms with Crippen LogP contribution < -0.4 is 9.50 Å². The first-order valence-electron chi connectivity index (χ1n) is 7.97. The van der Waals surface area contributed by atoms with E-state index in [0.29, 0.717) is 6.42 Å². The number of carbonyl (C=O) groups excluding carboxylic acids is 1. The van der Waals surface area contributed by atoms with Crippen molar-refractivity contribution >= 4 is 16.2 Å². The third kappa shape index (κ3) is 4.00. The summed E-state index contributed by atoms with van der Waals surface area (Å²) in [4.78, 5) is 11.3. The fraction of sp³-hybridized carbons (Fsp3) is 0.278. The lowest BCUT2D eigenvalue weighted by Crippen LogP contribution is -2.26. The summed E-state index contributed by atoms with van der Waals surface area (Å²) in [6.45, 7) is 0. The van der Waals surface area contributed by atoms with Crippen LogP contribution in [-0.2, 0) is 15.1 Å². The predicted octanol–water partition coefficient (Wildman–Crippen LogP) is 2.49. The molecule has 2 aromatic carbocycles. The van der Waals surface area contributed by atoms with E-state index in [2.05, 4.69) is 5.32 Å². The fourth-order valence-electron chi connectivity index (χ4n) is 2.67. The largest absolute Gasteiger partial charge is 0.384 e. The summed E-state index contributed by atoms with van der Waals surface area (Å²) in [5.74, 6) is 0.361. The highest BCUT2D eigenvalue weighted by Crippen LogP contribution is 2.28. The molecule has 1 heterocycles. The highest BCUT2D eigenvalue weighted by molar-refractivity contribution is 7.84. The SMILES string of the molecule is CN(C)S(=O)(=O)Oc1ccc(-c2ccc(C3CCC(=O)N3)cc2)cc1. The minimum Gasteiger partial charge on any atom is -0.371 e. The monoisotopic (exact) mass is 360 g/mol. The molecule has 7 heteroatoms. The van der Waals surface area contributed by atoms with E-state index < -0.39 is 10.3 Å². The van der Waals surface area contributed by atoms with Gasteiger partial charge in [0, 0.05) is 20.5 Å². The van der Waals surface area contributed by atoms with Gasteiger partial charge in [-0.2, -0.15) is 12.7 Å². The van der Waals surface area contributed by atoms with Crippen molar-refractivity contribution in [2.75, 3.05) is 14.1 Å². The van der Waals surface area contributed by atoms with E-state index in [1.807, 2.05) is 36.4 Å². The summed E-state index contributed by atoms with van der Waals surface area (Å²) in [6, 6.07) is 15.0. The summed E-state index contributed by atoms with van der Waals surface area (Å²) < 4.78 is 29.5. The average molecular weight is 360 g/mol. The molecular weight excluding hydrogens is 340 g/mol. The summed E-state index contributed by atoms with van der Waals surface area (Å²) >= 11 is 0. The minimum atomic E-state index is -3.75. The first-order chi connectivity index (χ1) is 11.8. The molecule has 0 radical (unpaired) electrons. The molecule has 0 spiro atoms. The molecule has 1 saturated heterocycles. The topological polar surface area (TPSA) is 75.7 Å². The van der Waals surface area contributed by atoms with Crippen molar-refractivity contribution in [3.8, 4) is 16.9 Å². The van der Waals surface area contributed by atoms with Gasteiger partial charge in [0.2, 0.25) is 5.91 Å². The van der Waals surface area contributed by atoms with Crippen LogP contribution in [0.15, 0.2) is 48.5 Å². The maximum absolute atomic E-state index is 11.7.